The number of nitrogens with zero attached hydrogens (tertiary/aromatic N) is 2. The van der Waals surface area contributed by atoms with E-state index in [1.165, 1.54) is 4.68 Å². The van der Waals surface area contributed by atoms with Crippen molar-refractivity contribution in [1.29, 1.82) is 0 Å². The maximum Gasteiger partial charge on any atom is 0.280 e. The number of halogens is 2. The van der Waals surface area contributed by atoms with Crippen molar-refractivity contribution in [3.8, 4) is 0 Å². The van der Waals surface area contributed by atoms with Crippen LogP contribution in [-0.2, 0) is 0 Å². The second kappa shape index (κ2) is 5.40. The number of benzene rings is 1. The number of aryl methyl sites for hydroxylation is 1. The van der Waals surface area contributed by atoms with Gasteiger partial charge < -0.3 is 5.43 Å². The van der Waals surface area contributed by atoms with Gasteiger partial charge in [-0.05, 0) is 41.4 Å². The van der Waals surface area contributed by atoms with Crippen LogP contribution in [0.4, 0.5) is 0 Å². The molecule has 2 aromatic rings. The van der Waals surface area contributed by atoms with Crippen molar-refractivity contribution in [3.05, 3.63) is 37.3 Å². The molecule has 18 heavy (non-hydrogen) atoms. The third-order valence-electron chi connectivity index (χ3n) is 2.58. The second-order valence-corrected chi connectivity index (χ2v) is 5.76. The van der Waals surface area contributed by atoms with Gasteiger partial charge in [0.1, 0.15) is 5.82 Å². The molecule has 0 fully saturated rings. The summed E-state index contributed by atoms with van der Waals surface area (Å²) in [6.45, 7) is 4.61. The Bertz CT molecular complexity index is 652. The summed E-state index contributed by atoms with van der Waals surface area (Å²) < 4.78 is 3.17. The lowest BCUT2D eigenvalue weighted by atomic mass is 10.2. The van der Waals surface area contributed by atoms with Gasteiger partial charge in [-0.1, -0.05) is 22.9 Å². The molecule has 0 radical (unpaired) electrons. The van der Waals surface area contributed by atoms with Crippen molar-refractivity contribution in [2.75, 3.05) is 12.0 Å². The molecule has 6 heteroatoms. The maximum absolute atomic E-state index is 12.4. The van der Waals surface area contributed by atoms with E-state index in [-0.39, 0.29) is 5.56 Å². The van der Waals surface area contributed by atoms with Crippen LogP contribution in [0.3, 0.4) is 0 Å². The fourth-order valence-electron chi connectivity index (χ4n) is 1.73. The maximum atomic E-state index is 12.4. The van der Waals surface area contributed by atoms with Gasteiger partial charge in [0.15, 0.2) is 0 Å². The number of hydrogen-bond acceptors (Lipinski definition) is 3. The Morgan fingerprint density at radius 3 is 2.78 bits per heavy atom. The summed E-state index contributed by atoms with van der Waals surface area (Å²) >= 11 is 6.82. The van der Waals surface area contributed by atoms with Crippen molar-refractivity contribution >= 4 is 42.8 Å². The second-order valence-electron chi connectivity index (χ2n) is 3.99. The minimum Gasteiger partial charge on any atom is -0.322 e. The Kier molecular flexibility index (Phi) is 4.07. The molecule has 0 aliphatic carbocycles. The summed E-state index contributed by atoms with van der Waals surface area (Å²) in [7, 11) is 0. The summed E-state index contributed by atoms with van der Waals surface area (Å²) in [4.78, 5) is 16.8. The quantitative estimate of drug-likeness (QED) is 0.897. The Labute approximate surface area is 122 Å². The lowest BCUT2D eigenvalue weighted by Gasteiger charge is -2.13. The predicted molar refractivity (Wildman–Crippen MR) is 80.7 cm³/mol. The predicted octanol–water partition coefficient (Wildman–Crippen LogP) is 3.18. The van der Waals surface area contributed by atoms with Gasteiger partial charge in [-0.3, -0.25) is 4.79 Å². The highest BCUT2D eigenvalue weighted by Crippen LogP contribution is 2.25. The largest absolute Gasteiger partial charge is 0.322 e. The standard InChI is InChI=1S/C12H13Br2N3O/c1-3-4-15-17-7(2)16-11-9(12(17)18)5-8(13)6-10(11)14/h5-6,15H,3-4H2,1-2H3. The summed E-state index contributed by atoms with van der Waals surface area (Å²) in [6.07, 6.45) is 0.950. The van der Waals surface area contributed by atoms with E-state index in [2.05, 4.69) is 49.2 Å². The van der Waals surface area contributed by atoms with E-state index in [1.54, 1.807) is 6.07 Å². The summed E-state index contributed by atoms with van der Waals surface area (Å²) in [5.74, 6) is 0.656. The molecule has 0 saturated heterocycles. The first kappa shape index (κ1) is 13.5. The third kappa shape index (κ3) is 2.44. The molecule has 0 bridgehead atoms. The SMILES string of the molecule is CCCNn1c(C)nc2c(Br)cc(Br)cc2c1=O. The summed E-state index contributed by atoms with van der Waals surface area (Å²) in [5.41, 5.74) is 3.69. The number of hydrogen-bond donors (Lipinski definition) is 1. The molecule has 1 aromatic carbocycles. The highest BCUT2D eigenvalue weighted by atomic mass is 79.9. The van der Waals surface area contributed by atoms with Crippen LogP contribution in [0.15, 0.2) is 25.9 Å². The fourth-order valence-corrected chi connectivity index (χ4v) is 3.05. The molecule has 0 atom stereocenters. The lowest BCUT2D eigenvalue weighted by molar-refractivity contribution is 0.740. The minimum absolute atomic E-state index is 0.0760. The normalized spacial score (nSPS) is 10.9. The number of rotatable bonds is 3. The Hall–Kier alpha value is -0.880. The van der Waals surface area contributed by atoms with Crippen LogP contribution in [0.1, 0.15) is 19.2 Å². The van der Waals surface area contributed by atoms with Crippen LogP contribution in [0.25, 0.3) is 10.9 Å². The van der Waals surface area contributed by atoms with E-state index in [0.717, 1.165) is 21.9 Å². The highest BCUT2D eigenvalue weighted by molar-refractivity contribution is 9.11. The van der Waals surface area contributed by atoms with Gasteiger partial charge in [0.2, 0.25) is 0 Å². The first-order valence-electron chi connectivity index (χ1n) is 5.67. The molecule has 4 nitrogen and oxygen atoms in total. The number of nitrogens with one attached hydrogen (secondary N) is 1. The summed E-state index contributed by atoms with van der Waals surface area (Å²) in [5, 5.41) is 0.588. The smallest absolute Gasteiger partial charge is 0.280 e. The van der Waals surface area contributed by atoms with Crippen LogP contribution in [0, 0.1) is 6.92 Å². The molecule has 0 amide bonds. The number of fused-ring (bicyclic) bond motifs is 1. The molecule has 0 aliphatic heterocycles. The van der Waals surface area contributed by atoms with Gasteiger partial charge in [0, 0.05) is 15.5 Å². The van der Waals surface area contributed by atoms with Crippen molar-refractivity contribution < 1.29 is 0 Å². The van der Waals surface area contributed by atoms with Crippen LogP contribution in [0.2, 0.25) is 0 Å². The van der Waals surface area contributed by atoms with E-state index in [0.29, 0.717) is 16.7 Å². The molecule has 1 heterocycles. The van der Waals surface area contributed by atoms with Gasteiger partial charge >= 0.3 is 0 Å². The molecular weight excluding hydrogens is 362 g/mol. The molecule has 0 saturated carbocycles. The van der Waals surface area contributed by atoms with E-state index < -0.39 is 0 Å². The van der Waals surface area contributed by atoms with Gasteiger partial charge in [0.05, 0.1) is 10.9 Å². The fraction of sp³-hybridized carbons (Fsp3) is 0.333. The Morgan fingerprint density at radius 2 is 2.11 bits per heavy atom. The Balaban J connectivity index is 2.73. The van der Waals surface area contributed by atoms with Crippen LogP contribution >= 0.6 is 31.9 Å². The average Bonchev–Trinajstić information content (AvgIpc) is 2.31. The van der Waals surface area contributed by atoms with E-state index in [4.69, 9.17) is 0 Å². The molecule has 96 valence electrons. The number of aromatic nitrogens is 2. The van der Waals surface area contributed by atoms with Crippen LogP contribution in [0.5, 0.6) is 0 Å². The average molecular weight is 375 g/mol. The molecule has 1 N–H and O–H groups in total. The van der Waals surface area contributed by atoms with Gasteiger partial charge in [0.25, 0.3) is 5.56 Å². The van der Waals surface area contributed by atoms with E-state index >= 15 is 0 Å². The molecule has 2 rings (SSSR count). The van der Waals surface area contributed by atoms with Gasteiger partial charge in [-0.15, -0.1) is 0 Å². The van der Waals surface area contributed by atoms with Crippen LogP contribution in [-0.4, -0.2) is 16.2 Å². The topological polar surface area (TPSA) is 46.9 Å². The van der Waals surface area contributed by atoms with Crippen molar-refractivity contribution in [3.63, 3.8) is 0 Å². The van der Waals surface area contributed by atoms with Crippen molar-refractivity contribution in [1.82, 2.24) is 9.66 Å². The first-order chi connectivity index (χ1) is 8.54. The first-order valence-corrected chi connectivity index (χ1v) is 7.25. The van der Waals surface area contributed by atoms with Gasteiger partial charge in [-0.2, -0.15) is 0 Å². The zero-order chi connectivity index (χ0) is 13.3. The third-order valence-corrected chi connectivity index (χ3v) is 3.64. The van der Waals surface area contributed by atoms with Crippen LogP contribution < -0.4 is 11.0 Å². The van der Waals surface area contributed by atoms with Gasteiger partial charge in [-0.25, -0.2) is 9.66 Å². The molecule has 0 unspecified atom stereocenters. The van der Waals surface area contributed by atoms with E-state index in [9.17, 15) is 4.79 Å². The lowest BCUT2D eigenvalue weighted by Crippen LogP contribution is -2.32. The highest BCUT2D eigenvalue weighted by Gasteiger charge is 2.11. The zero-order valence-corrected chi connectivity index (χ0v) is 13.3. The monoisotopic (exact) mass is 373 g/mol. The van der Waals surface area contributed by atoms with E-state index in [1.807, 2.05) is 13.0 Å². The molecule has 0 spiro atoms. The van der Waals surface area contributed by atoms with Crippen molar-refractivity contribution in [2.45, 2.75) is 20.3 Å². The minimum atomic E-state index is -0.0760. The molecular formula is C12H13Br2N3O. The molecule has 1 aromatic heterocycles. The zero-order valence-electron chi connectivity index (χ0n) is 10.1. The molecule has 0 aliphatic rings. The Morgan fingerprint density at radius 1 is 1.39 bits per heavy atom. The van der Waals surface area contributed by atoms with Crippen molar-refractivity contribution in [2.24, 2.45) is 0 Å². The summed E-state index contributed by atoms with van der Waals surface area (Å²) in [6, 6.07) is 3.68.